The highest BCUT2D eigenvalue weighted by Gasteiger charge is 2.21. The van der Waals surface area contributed by atoms with Crippen molar-refractivity contribution in [1.29, 1.82) is 0 Å². The molecule has 1 aliphatic carbocycles. The number of nitrogens with one attached hydrogen (secondary N) is 1. The Hall–Kier alpha value is -4.24. The summed E-state index contributed by atoms with van der Waals surface area (Å²) in [6.07, 6.45) is 8.17. The average molecular weight is 526 g/mol. The summed E-state index contributed by atoms with van der Waals surface area (Å²) in [6.45, 7) is 5.22. The zero-order chi connectivity index (χ0) is 26.9. The number of nitrogens with zero attached hydrogens (tertiary/aromatic N) is 4. The molecule has 6 rings (SSSR count). The Kier molecular flexibility index (Phi) is 6.74. The third kappa shape index (κ3) is 5.09. The number of aromatic nitrogens is 3. The molecule has 1 unspecified atom stereocenters. The maximum absolute atomic E-state index is 13.0. The number of fused-ring (bicyclic) bond motifs is 2. The fourth-order valence-corrected chi connectivity index (χ4v) is 5.59. The third-order valence-electron chi connectivity index (χ3n) is 7.64. The van der Waals surface area contributed by atoms with Crippen LogP contribution in [0, 0.1) is 0 Å². The van der Waals surface area contributed by atoms with Crippen LogP contribution in [0.2, 0.25) is 0 Å². The first-order chi connectivity index (χ1) is 19.0. The first-order valence-corrected chi connectivity index (χ1v) is 13.5. The summed E-state index contributed by atoms with van der Waals surface area (Å²) in [5.41, 5.74) is 3.47. The molecule has 1 atom stereocenters. The third-order valence-corrected chi connectivity index (χ3v) is 7.64. The Morgan fingerprint density at radius 1 is 1.15 bits per heavy atom. The Bertz CT molecular complexity index is 1620. The quantitative estimate of drug-likeness (QED) is 0.361. The van der Waals surface area contributed by atoms with Crippen molar-refractivity contribution < 1.29 is 14.6 Å². The summed E-state index contributed by atoms with van der Waals surface area (Å²) >= 11 is 0. The van der Waals surface area contributed by atoms with Gasteiger partial charge in [0.05, 0.1) is 5.39 Å². The lowest BCUT2D eigenvalue weighted by Gasteiger charge is -2.32. The molecule has 2 N–H and O–H groups in total. The van der Waals surface area contributed by atoms with E-state index in [9.17, 15) is 14.7 Å². The van der Waals surface area contributed by atoms with Crippen molar-refractivity contribution >= 4 is 28.6 Å². The van der Waals surface area contributed by atoms with Crippen molar-refractivity contribution in [2.75, 3.05) is 25.0 Å². The highest BCUT2D eigenvalue weighted by Crippen LogP contribution is 2.27. The summed E-state index contributed by atoms with van der Waals surface area (Å²) in [5, 5.41) is 13.1. The minimum absolute atomic E-state index is 0.149. The van der Waals surface area contributed by atoms with Gasteiger partial charge < -0.3 is 19.7 Å². The molecule has 4 aromatic rings. The molecule has 0 radical (unpaired) electrons. The van der Waals surface area contributed by atoms with Gasteiger partial charge in [0.1, 0.15) is 17.4 Å². The van der Waals surface area contributed by atoms with Crippen LogP contribution in [0.3, 0.4) is 0 Å². The number of likely N-dealkylation sites (N-methyl/N-ethyl adjacent to an activating group) is 1. The first-order valence-electron chi connectivity index (χ1n) is 13.5. The van der Waals surface area contributed by atoms with Gasteiger partial charge in [-0.2, -0.15) is 4.98 Å². The number of aryl methyl sites for hydroxylation is 2. The van der Waals surface area contributed by atoms with E-state index in [1.165, 1.54) is 23.5 Å². The smallest absolute Gasteiger partial charge is 0.341 e. The molecule has 3 heterocycles. The van der Waals surface area contributed by atoms with E-state index < -0.39 is 11.4 Å². The lowest BCUT2D eigenvalue weighted by Crippen LogP contribution is -2.40. The monoisotopic (exact) mass is 525 g/mol. The summed E-state index contributed by atoms with van der Waals surface area (Å²) in [5.74, 6) is -0.215. The van der Waals surface area contributed by atoms with Gasteiger partial charge in [0.2, 0.25) is 11.4 Å². The molecule has 9 heteroatoms. The van der Waals surface area contributed by atoms with Crippen molar-refractivity contribution in [3.05, 3.63) is 81.8 Å². The highest BCUT2D eigenvalue weighted by molar-refractivity contribution is 5.92. The molecule has 1 aliphatic heterocycles. The molecule has 0 bridgehead atoms. The van der Waals surface area contributed by atoms with Crippen molar-refractivity contribution in [1.82, 2.24) is 19.4 Å². The average Bonchev–Trinajstić information content (AvgIpc) is 3.41. The summed E-state index contributed by atoms with van der Waals surface area (Å²) in [7, 11) is 0. The molecule has 2 aliphatic rings. The molecular formula is C30H31N5O4. The molecule has 1 saturated heterocycles. The number of pyridine rings is 1. The number of aromatic carboxylic acids is 1. The molecule has 0 spiro atoms. The van der Waals surface area contributed by atoms with Crippen molar-refractivity contribution in [2.24, 2.45) is 0 Å². The topological polar surface area (TPSA) is 110 Å². The molecule has 1 fully saturated rings. The number of carbonyl (C=O) groups is 1. The number of carboxylic acid groups (broad SMARTS) is 1. The molecule has 0 saturated carbocycles. The van der Waals surface area contributed by atoms with E-state index >= 15 is 0 Å². The van der Waals surface area contributed by atoms with Crippen molar-refractivity contribution in [3.8, 4) is 11.4 Å². The van der Waals surface area contributed by atoms with Crippen LogP contribution >= 0.6 is 0 Å². The molecule has 0 amide bonds. The number of rotatable bonds is 7. The largest absolute Gasteiger partial charge is 0.489 e. The lowest BCUT2D eigenvalue weighted by molar-refractivity contribution is 0.0695. The number of carboxylic acids is 1. The van der Waals surface area contributed by atoms with Gasteiger partial charge in [-0.15, -0.1) is 0 Å². The summed E-state index contributed by atoms with van der Waals surface area (Å²) < 4.78 is 7.95. The molecule has 200 valence electrons. The van der Waals surface area contributed by atoms with E-state index in [0.29, 0.717) is 11.6 Å². The highest BCUT2D eigenvalue weighted by atomic mass is 16.5. The minimum atomic E-state index is -1.28. The van der Waals surface area contributed by atoms with Crippen LogP contribution in [0.1, 0.15) is 47.7 Å². The fraction of sp³-hybridized carbons (Fsp3) is 0.333. The van der Waals surface area contributed by atoms with Gasteiger partial charge in [-0.3, -0.25) is 9.69 Å². The second kappa shape index (κ2) is 10.5. The van der Waals surface area contributed by atoms with Crippen molar-refractivity contribution in [2.45, 2.75) is 45.1 Å². The van der Waals surface area contributed by atoms with Gasteiger partial charge in [-0.05, 0) is 80.6 Å². The number of hydrogen-bond acceptors (Lipinski definition) is 7. The standard InChI is InChI=1S/C30H31N5O4/c1-2-34-13-5-10-24(17-34)39-23-9-4-8-21(15-23)32-30-31-16-25-27(36)26(29(37)38)18-35(28(25)33-30)22-12-11-19-6-3-7-20(19)14-22/h4,8-9,11-12,14-16,18,24H,2-3,5-7,10,13,17H2,1H3,(H,37,38)(H,31,32,33). The SMILES string of the molecule is CCN1CCCC(Oc2cccc(Nc3ncc4c(=O)c(C(=O)O)cn(-c5ccc6c(c5)CCC6)c4n3)c2)C1. The number of anilines is 2. The molecule has 39 heavy (non-hydrogen) atoms. The van der Waals surface area contributed by atoms with Crippen LogP contribution in [-0.2, 0) is 12.8 Å². The van der Waals surface area contributed by atoms with E-state index in [1.807, 2.05) is 30.3 Å². The van der Waals surface area contributed by atoms with Gasteiger partial charge >= 0.3 is 5.97 Å². The van der Waals surface area contributed by atoms with Crippen LogP contribution in [0.5, 0.6) is 5.75 Å². The Balaban J connectivity index is 1.34. The number of ether oxygens (including phenoxy) is 1. The van der Waals surface area contributed by atoms with Crippen LogP contribution in [0.15, 0.2) is 59.7 Å². The van der Waals surface area contributed by atoms with Gasteiger partial charge in [-0.25, -0.2) is 9.78 Å². The fourth-order valence-electron chi connectivity index (χ4n) is 5.59. The number of hydrogen-bond donors (Lipinski definition) is 2. The zero-order valence-corrected chi connectivity index (χ0v) is 21.9. The molecule has 9 nitrogen and oxygen atoms in total. The van der Waals surface area contributed by atoms with Gasteiger partial charge in [0, 0.05) is 36.4 Å². The Labute approximate surface area is 226 Å². The summed E-state index contributed by atoms with van der Waals surface area (Å²) in [4.78, 5) is 36.3. The normalized spacial score (nSPS) is 17.2. The second-order valence-electron chi connectivity index (χ2n) is 10.2. The lowest BCUT2D eigenvalue weighted by atomic mass is 10.1. The minimum Gasteiger partial charge on any atom is -0.489 e. The first kappa shape index (κ1) is 25.1. The van der Waals surface area contributed by atoms with Gasteiger partial charge in [-0.1, -0.05) is 19.1 Å². The van der Waals surface area contributed by atoms with E-state index in [0.717, 1.165) is 68.9 Å². The number of benzene rings is 2. The summed E-state index contributed by atoms with van der Waals surface area (Å²) in [6, 6.07) is 13.7. The number of likely N-dealkylation sites (tertiary alicyclic amines) is 1. The predicted molar refractivity (Wildman–Crippen MR) is 150 cm³/mol. The Morgan fingerprint density at radius 3 is 2.87 bits per heavy atom. The van der Waals surface area contributed by atoms with Crippen LogP contribution in [0.4, 0.5) is 11.6 Å². The van der Waals surface area contributed by atoms with E-state index in [1.54, 1.807) is 4.57 Å². The van der Waals surface area contributed by atoms with E-state index in [-0.39, 0.29) is 17.1 Å². The molecule has 2 aromatic carbocycles. The van der Waals surface area contributed by atoms with Crippen LogP contribution < -0.4 is 15.5 Å². The number of piperidine rings is 1. The van der Waals surface area contributed by atoms with Gasteiger partial charge in [0.15, 0.2) is 5.65 Å². The Morgan fingerprint density at radius 2 is 2.03 bits per heavy atom. The van der Waals surface area contributed by atoms with Crippen LogP contribution in [-0.4, -0.2) is 56.2 Å². The van der Waals surface area contributed by atoms with Crippen molar-refractivity contribution in [3.63, 3.8) is 0 Å². The molecular weight excluding hydrogens is 494 g/mol. The van der Waals surface area contributed by atoms with Gasteiger partial charge in [0.25, 0.3) is 0 Å². The maximum atomic E-state index is 13.0. The van der Waals surface area contributed by atoms with E-state index in [4.69, 9.17) is 4.74 Å². The predicted octanol–water partition coefficient (Wildman–Crippen LogP) is 4.57. The zero-order valence-electron chi connectivity index (χ0n) is 21.9. The van der Waals surface area contributed by atoms with Crippen LogP contribution in [0.25, 0.3) is 16.7 Å². The van der Waals surface area contributed by atoms with E-state index in [2.05, 4.69) is 39.2 Å². The molecule has 2 aromatic heterocycles. The maximum Gasteiger partial charge on any atom is 0.341 e. The second-order valence-corrected chi connectivity index (χ2v) is 10.2.